The molecule has 0 spiro atoms. The average Bonchev–Trinajstić information content (AvgIpc) is 2.78. The van der Waals surface area contributed by atoms with Crippen LogP contribution in [-0.4, -0.2) is 24.1 Å². The summed E-state index contributed by atoms with van der Waals surface area (Å²) in [4.78, 5) is 22.2. The Hall–Kier alpha value is -2.37. The molecule has 0 radical (unpaired) electrons. The van der Waals surface area contributed by atoms with Gasteiger partial charge in [0.05, 0.1) is 0 Å². The minimum absolute atomic E-state index is 0.0480. The standard InChI is InChI=1S/C11H20N2O2.C6H12N2.2C3H6.2C2H6/c1-8(11(12)15)13-10(14)7-9-5-3-2-4-6-9;1-4-7-8-5-6(2)3;2*1-3-2;2*1-2/h8-9H,2-7H2,1H3,(H2,12,15)(H,13,14);4-7H,1H2,2-3H3;2*3H,1H2,2H3;2*1-2H3/b;8-5+;;;;/t8-;;;;;/m0...../s1. The van der Waals surface area contributed by atoms with Gasteiger partial charge in [-0.3, -0.25) is 15.0 Å². The number of allylic oxidation sites excluding steroid dienone is 2. The van der Waals surface area contributed by atoms with Gasteiger partial charge in [0, 0.05) is 18.8 Å². The van der Waals surface area contributed by atoms with E-state index in [2.05, 4.69) is 49.4 Å². The smallest absolute Gasteiger partial charge is 0.239 e. The van der Waals surface area contributed by atoms with Gasteiger partial charge >= 0.3 is 0 Å². The molecule has 1 rings (SSSR count). The van der Waals surface area contributed by atoms with Gasteiger partial charge in [-0.25, -0.2) is 0 Å². The molecule has 1 aliphatic rings. The lowest BCUT2D eigenvalue weighted by atomic mass is 9.87. The van der Waals surface area contributed by atoms with Crippen LogP contribution in [0, 0.1) is 11.8 Å². The lowest BCUT2D eigenvalue weighted by Gasteiger charge is -2.21. The number of rotatable bonds is 7. The molecule has 0 aromatic heterocycles. The topological polar surface area (TPSA) is 96.6 Å². The van der Waals surface area contributed by atoms with Crippen LogP contribution in [0.3, 0.4) is 0 Å². The molecule has 33 heavy (non-hydrogen) atoms. The highest BCUT2D eigenvalue weighted by atomic mass is 16.2. The zero-order valence-electron chi connectivity index (χ0n) is 23.2. The molecule has 6 heteroatoms. The molecule has 1 fully saturated rings. The van der Waals surface area contributed by atoms with E-state index < -0.39 is 11.9 Å². The number of nitrogens with zero attached hydrogens (tertiary/aromatic N) is 1. The summed E-state index contributed by atoms with van der Waals surface area (Å²) in [7, 11) is 0. The summed E-state index contributed by atoms with van der Waals surface area (Å²) in [5.74, 6) is 0.474. The van der Waals surface area contributed by atoms with E-state index in [0.717, 1.165) is 12.8 Å². The van der Waals surface area contributed by atoms with Gasteiger partial charge in [-0.05, 0) is 45.4 Å². The van der Waals surface area contributed by atoms with E-state index in [-0.39, 0.29) is 5.91 Å². The molecule has 2 amide bonds. The number of carbonyl (C=O) groups is 2. The molecular formula is C27H56N4O2. The first-order valence-electron chi connectivity index (χ1n) is 12.3. The fraction of sp³-hybridized carbons (Fsp3) is 0.667. The third kappa shape index (κ3) is 44.2. The van der Waals surface area contributed by atoms with E-state index in [1.54, 1.807) is 25.3 Å². The largest absolute Gasteiger partial charge is 0.368 e. The lowest BCUT2D eigenvalue weighted by molar-refractivity contribution is -0.127. The molecule has 4 N–H and O–H groups in total. The Balaban J connectivity index is -0.000000122. The van der Waals surface area contributed by atoms with E-state index in [0.29, 0.717) is 18.3 Å². The van der Waals surface area contributed by atoms with Gasteiger partial charge in [0.2, 0.25) is 11.8 Å². The van der Waals surface area contributed by atoms with E-state index in [1.165, 1.54) is 19.3 Å². The molecule has 0 aromatic carbocycles. The third-order valence-corrected chi connectivity index (χ3v) is 3.54. The number of nitrogens with one attached hydrogen (secondary N) is 2. The van der Waals surface area contributed by atoms with Crippen molar-refractivity contribution in [3.05, 3.63) is 38.1 Å². The Kier molecular flexibility index (Phi) is 45.9. The zero-order chi connectivity index (χ0) is 27.1. The highest BCUT2D eigenvalue weighted by molar-refractivity contribution is 5.86. The van der Waals surface area contributed by atoms with Gasteiger partial charge in [-0.1, -0.05) is 79.5 Å². The number of primary amides is 1. The maximum Gasteiger partial charge on any atom is 0.239 e. The Bertz CT molecular complexity index is 463. The predicted octanol–water partition coefficient (Wildman–Crippen LogP) is 6.75. The number of hydrogen-bond acceptors (Lipinski definition) is 4. The summed E-state index contributed by atoms with van der Waals surface area (Å²) >= 11 is 0. The fourth-order valence-electron chi connectivity index (χ4n) is 2.27. The molecule has 0 heterocycles. The maximum absolute atomic E-state index is 11.5. The quantitative estimate of drug-likeness (QED) is 0.219. The van der Waals surface area contributed by atoms with E-state index in [4.69, 9.17) is 5.73 Å². The second kappa shape index (κ2) is 37.0. The van der Waals surface area contributed by atoms with Crippen molar-refractivity contribution >= 4 is 18.0 Å². The summed E-state index contributed by atoms with van der Waals surface area (Å²) in [6, 6.07) is -0.555. The van der Waals surface area contributed by atoms with Crippen LogP contribution in [0.25, 0.3) is 0 Å². The zero-order valence-corrected chi connectivity index (χ0v) is 23.2. The molecular weight excluding hydrogens is 412 g/mol. The first-order valence-corrected chi connectivity index (χ1v) is 12.3. The van der Waals surface area contributed by atoms with Crippen LogP contribution in [0.5, 0.6) is 0 Å². The summed E-state index contributed by atoms with van der Waals surface area (Å²) in [5, 5.41) is 6.41. The van der Waals surface area contributed by atoms with Gasteiger partial charge in [0.25, 0.3) is 0 Å². The minimum atomic E-state index is -0.555. The minimum Gasteiger partial charge on any atom is -0.368 e. The van der Waals surface area contributed by atoms with Crippen molar-refractivity contribution in [3.8, 4) is 0 Å². The number of hydrogen-bond donors (Lipinski definition) is 3. The highest BCUT2D eigenvalue weighted by Crippen LogP contribution is 2.26. The molecule has 0 unspecified atom stereocenters. The van der Waals surface area contributed by atoms with Crippen molar-refractivity contribution < 1.29 is 9.59 Å². The van der Waals surface area contributed by atoms with Crippen molar-refractivity contribution in [3.63, 3.8) is 0 Å². The second-order valence-corrected chi connectivity index (χ2v) is 7.07. The summed E-state index contributed by atoms with van der Waals surface area (Å²) < 4.78 is 0. The van der Waals surface area contributed by atoms with Gasteiger partial charge < -0.3 is 11.1 Å². The van der Waals surface area contributed by atoms with Crippen LogP contribution >= 0.6 is 0 Å². The highest BCUT2D eigenvalue weighted by Gasteiger charge is 2.19. The molecule has 6 nitrogen and oxygen atoms in total. The fourth-order valence-corrected chi connectivity index (χ4v) is 2.27. The molecule has 1 atom stereocenters. The van der Waals surface area contributed by atoms with Crippen molar-refractivity contribution in [1.82, 2.24) is 10.7 Å². The first-order chi connectivity index (χ1) is 15.7. The molecule has 0 saturated heterocycles. The van der Waals surface area contributed by atoms with E-state index in [1.807, 2.05) is 47.8 Å². The van der Waals surface area contributed by atoms with E-state index in [9.17, 15) is 9.59 Å². The Morgan fingerprint density at radius 2 is 1.39 bits per heavy atom. The first kappa shape index (κ1) is 40.9. The third-order valence-electron chi connectivity index (χ3n) is 3.54. The Morgan fingerprint density at radius 1 is 0.970 bits per heavy atom. The predicted molar refractivity (Wildman–Crippen MR) is 149 cm³/mol. The van der Waals surface area contributed by atoms with Crippen molar-refractivity contribution in [2.45, 2.75) is 107 Å². The van der Waals surface area contributed by atoms with Crippen LogP contribution in [-0.2, 0) is 9.59 Å². The monoisotopic (exact) mass is 468 g/mol. The van der Waals surface area contributed by atoms with Crippen LogP contribution < -0.4 is 16.5 Å². The van der Waals surface area contributed by atoms with Crippen LogP contribution in [0.4, 0.5) is 0 Å². The normalized spacial score (nSPS) is 12.5. The molecule has 1 aliphatic carbocycles. The SMILES string of the molecule is C=CC.C=CC.C=CN/N=C/C(C)C.CC.CC.C[C@H](NC(=O)CC1CCCCC1)C(N)=O. The van der Waals surface area contributed by atoms with Gasteiger partial charge in [0.1, 0.15) is 6.04 Å². The number of nitrogens with two attached hydrogens (primary N) is 1. The summed E-state index contributed by atoms with van der Waals surface area (Å²) in [6.07, 6.45) is 13.4. The van der Waals surface area contributed by atoms with Crippen LogP contribution in [0.2, 0.25) is 0 Å². The molecule has 0 aromatic rings. The van der Waals surface area contributed by atoms with Crippen molar-refractivity contribution in [2.75, 3.05) is 0 Å². The van der Waals surface area contributed by atoms with Crippen LogP contribution in [0.15, 0.2) is 43.2 Å². The van der Waals surface area contributed by atoms with Crippen LogP contribution in [0.1, 0.15) is 101 Å². The van der Waals surface area contributed by atoms with E-state index >= 15 is 0 Å². The van der Waals surface area contributed by atoms with Crippen molar-refractivity contribution in [1.29, 1.82) is 0 Å². The molecule has 0 aliphatic heterocycles. The van der Waals surface area contributed by atoms with Crippen molar-refractivity contribution in [2.24, 2.45) is 22.7 Å². The second-order valence-electron chi connectivity index (χ2n) is 7.07. The number of carbonyl (C=O) groups excluding carboxylic acids is 2. The lowest BCUT2D eigenvalue weighted by Crippen LogP contribution is -2.42. The number of hydrazone groups is 1. The Morgan fingerprint density at radius 3 is 1.73 bits per heavy atom. The maximum atomic E-state index is 11.5. The Labute approximate surface area is 206 Å². The summed E-state index contributed by atoms with van der Waals surface area (Å²) in [6.45, 7) is 27.7. The van der Waals surface area contributed by atoms with Gasteiger partial charge in [-0.15, -0.1) is 13.2 Å². The molecule has 1 saturated carbocycles. The molecule has 196 valence electrons. The van der Waals surface area contributed by atoms with Gasteiger partial charge in [-0.2, -0.15) is 5.10 Å². The molecule has 0 bridgehead atoms. The number of amides is 2. The average molecular weight is 469 g/mol. The van der Waals surface area contributed by atoms with Gasteiger partial charge in [0.15, 0.2) is 0 Å². The summed E-state index contributed by atoms with van der Waals surface area (Å²) in [5.41, 5.74) is 7.68.